The first-order valence-corrected chi connectivity index (χ1v) is 9.33. The molecule has 1 aromatic heterocycles. The van der Waals surface area contributed by atoms with Crippen LogP contribution in [-0.4, -0.2) is 46.3 Å². The van der Waals surface area contributed by atoms with E-state index in [1.807, 2.05) is 10.7 Å². The van der Waals surface area contributed by atoms with Gasteiger partial charge >= 0.3 is 5.69 Å². The minimum absolute atomic E-state index is 0.0569. The summed E-state index contributed by atoms with van der Waals surface area (Å²) in [6, 6.07) is 8.63. The van der Waals surface area contributed by atoms with Crippen molar-refractivity contribution in [3.05, 3.63) is 40.4 Å². The van der Waals surface area contributed by atoms with Crippen LogP contribution in [0.15, 0.2) is 30.3 Å². The Morgan fingerprint density at radius 1 is 1.25 bits per heavy atom. The summed E-state index contributed by atoms with van der Waals surface area (Å²) in [6.45, 7) is 7.71. The molecule has 146 valence electrons. The molecule has 0 fully saturated rings. The molecule has 0 bridgehead atoms. The van der Waals surface area contributed by atoms with Crippen molar-refractivity contribution in [3.8, 4) is 28.5 Å². The van der Waals surface area contributed by atoms with Crippen LogP contribution in [0.25, 0.3) is 22.2 Å². The Kier molecular flexibility index (Phi) is 4.64. The van der Waals surface area contributed by atoms with E-state index >= 15 is 0 Å². The van der Waals surface area contributed by atoms with Crippen LogP contribution in [0.5, 0.6) is 17.2 Å². The molecule has 0 spiro atoms. The number of methoxy groups -OCH3 is 1. The van der Waals surface area contributed by atoms with Crippen LogP contribution in [0.4, 0.5) is 5.69 Å². The van der Waals surface area contributed by atoms with E-state index in [-0.39, 0.29) is 11.4 Å². The summed E-state index contributed by atoms with van der Waals surface area (Å²) in [5.74, 6) is 1.48. The van der Waals surface area contributed by atoms with Gasteiger partial charge in [-0.25, -0.2) is 0 Å². The number of fused-ring (bicyclic) bond motifs is 2. The van der Waals surface area contributed by atoms with Gasteiger partial charge in [-0.15, -0.1) is 0 Å². The monoisotopic (exact) mass is 382 g/mol. The van der Waals surface area contributed by atoms with E-state index in [0.29, 0.717) is 29.1 Å². The molecule has 3 aromatic rings. The third kappa shape index (κ3) is 2.86. The molecule has 0 amide bonds. The second-order valence-electron chi connectivity index (χ2n) is 6.63. The fourth-order valence-corrected chi connectivity index (χ4v) is 3.63. The Morgan fingerprint density at radius 2 is 2.04 bits per heavy atom. The van der Waals surface area contributed by atoms with E-state index in [0.717, 1.165) is 30.7 Å². The molecule has 8 nitrogen and oxygen atoms in total. The topological polar surface area (TPSA) is 82.7 Å². The number of nitro benzene ring substituents is 1. The summed E-state index contributed by atoms with van der Waals surface area (Å²) in [4.78, 5) is 13.4. The van der Waals surface area contributed by atoms with Gasteiger partial charge in [-0.2, -0.15) is 5.10 Å². The van der Waals surface area contributed by atoms with E-state index in [2.05, 4.69) is 18.7 Å². The normalized spacial score (nSPS) is 12.1. The standard InChI is InChI=1S/C20H22N4O4/c1-4-22(5-2)10-11-23-15-7-8-16(24(25)26)20-18(15)19(21-23)14-12-13(27-3)6-9-17(14)28-20/h6-9,12H,4-5,10-11H2,1-3H3. The van der Waals surface area contributed by atoms with Crippen molar-refractivity contribution in [3.63, 3.8) is 0 Å². The quantitative estimate of drug-likeness (QED) is 0.354. The molecule has 1 aliphatic rings. The zero-order valence-corrected chi connectivity index (χ0v) is 16.1. The van der Waals surface area contributed by atoms with E-state index < -0.39 is 4.92 Å². The first kappa shape index (κ1) is 18.2. The number of hydrogen-bond donors (Lipinski definition) is 0. The Balaban J connectivity index is 1.90. The lowest BCUT2D eigenvalue weighted by Crippen LogP contribution is -2.27. The van der Waals surface area contributed by atoms with Gasteiger partial charge in [-0.1, -0.05) is 13.8 Å². The minimum atomic E-state index is -0.416. The summed E-state index contributed by atoms with van der Waals surface area (Å²) >= 11 is 0. The molecule has 0 unspecified atom stereocenters. The molecule has 1 aliphatic heterocycles. The summed E-state index contributed by atoms with van der Waals surface area (Å²) in [6.07, 6.45) is 0. The molecule has 28 heavy (non-hydrogen) atoms. The second kappa shape index (κ2) is 7.12. The van der Waals surface area contributed by atoms with E-state index in [1.165, 1.54) is 6.07 Å². The number of nitro groups is 1. The average Bonchev–Trinajstić information content (AvgIpc) is 3.08. The van der Waals surface area contributed by atoms with Crippen LogP contribution in [0.3, 0.4) is 0 Å². The van der Waals surface area contributed by atoms with Crippen LogP contribution >= 0.6 is 0 Å². The van der Waals surface area contributed by atoms with E-state index in [1.54, 1.807) is 25.3 Å². The lowest BCUT2D eigenvalue weighted by molar-refractivity contribution is -0.385. The van der Waals surface area contributed by atoms with Gasteiger partial charge in [0.2, 0.25) is 5.75 Å². The van der Waals surface area contributed by atoms with Gasteiger partial charge in [-0.3, -0.25) is 14.8 Å². The number of aromatic nitrogens is 2. The summed E-state index contributed by atoms with van der Waals surface area (Å²) < 4.78 is 13.2. The summed E-state index contributed by atoms with van der Waals surface area (Å²) in [5.41, 5.74) is 2.24. The van der Waals surface area contributed by atoms with E-state index in [4.69, 9.17) is 14.6 Å². The zero-order valence-electron chi connectivity index (χ0n) is 16.1. The van der Waals surface area contributed by atoms with Crippen LogP contribution in [-0.2, 0) is 6.54 Å². The SMILES string of the molecule is CCN(CC)CCn1nc2c3c(c([N+](=O)[O-])ccc31)Oc1ccc(OC)cc1-2. The Hall–Kier alpha value is -3.13. The van der Waals surface area contributed by atoms with Crippen molar-refractivity contribution < 1.29 is 14.4 Å². The predicted octanol–water partition coefficient (Wildman–Crippen LogP) is 4.07. The Labute approximate surface area is 162 Å². The number of likely N-dealkylation sites (N-methyl/N-ethyl adjacent to an activating group) is 1. The molecular formula is C20H22N4O4. The van der Waals surface area contributed by atoms with Crippen LogP contribution < -0.4 is 9.47 Å². The van der Waals surface area contributed by atoms with Crippen molar-refractivity contribution in [1.82, 2.24) is 14.7 Å². The van der Waals surface area contributed by atoms with Crippen molar-refractivity contribution >= 4 is 16.6 Å². The molecule has 4 rings (SSSR count). The van der Waals surface area contributed by atoms with Gasteiger partial charge in [0.25, 0.3) is 0 Å². The van der Waals surface area contributed by atoms with Crippen LogP contribution in [0, 0.1) is 10.1 Å². The predicted molar refractivity (Wildman–Crippen MR) is 106 cm³/mol. The van der Waals surface area contributed by atoms with Crippen molar-refractivity contribution in [2.75, 3.05) is 26.7 Å². The number of benzene rings is 2. The zero-order chi connectivity index (χ0) is 19.8. The van der Waals surface area contributed by atoms with Crippen LogP contribution in [0.2, 0.25) is 0 Å². The largest absolute Gasteiger partial charge is 0.497 e. The second-order valence-corrected chi connectivity index (χ2v) is 6.63. The third-order valence-corrected chi connectivity index (χ3v) is 5.22. The maximum absolute atomic E-state index is 11.5. The Morgan fingerprint density at radius 3 is 2.71 bits per heavy atom. The molecule has 0 aliphatic carbocycles. The molecule has 0 saturated carbocycles. The van der Waals surface area contributed by atoms with Gasteiger partial charge in [0.05, 0.1) is 29.5 Å². The molecule has 0 atom stereocenters. The highest BCUT2D eigenvalue weighted by molar-refractivity contribution is 6.03. The molecule has 0 N–H and O–H groups in total. The Bertz CT molecular complexity index is 1060. The number of nitrogens with zero attached hydrogens (tertiary/aromatic N) is 4. The molecule has 2 aromatic carbocycles. The first-order valence-electron chi connectivity index (χ1n) is 9.33. The van der Waals surface area contributed by atoms with Gasteiger partial charge in [0.1, 0.15) is 17.2 Å². The van der Waals surface area contributed by atoms with Gasteiger partial charge in [0.15, 0.2) is 0 Å². The maximum Gasteiger partial charge on any atom is 0.312 e. The van der Waals surface area contributed by atoms with Gasteiger partial charge < -0.3 is 14.4 Å². The summed E-state index contributed by atoms with van der Waals surface area (Å²) in [7, 11) is 1.60. The van der Waals surface area contributed by atoms with Crippen molar-refractivity contribution in [2.45, 2.75) is 20.4 Å². The minimum Gasteiger partial charge on any atom is -0.497 e. The molecule has 0 saturated heterocycles. The van der Waals surface area contributed by atoms with Crippen molar-refractivity contribution in [2.24, 2.45) is 0 Å². The van der Waals surface area contributed by atoms with Gasteiger partial charge in [0, 0.05) is 18.2 Å². The first-order chi connectivity index (χ1) is 13.6. The highest BCUT2D eigenvalue weighted by Crippen LogP contribution is 2.50. The van der Waals surface area contributed by atoms with E-state index in [9.17, 15) is 10.1 Å². The average molecular weight is 382 g/mol. The molecule has 8 heteroatoms. The van der Waals surface area contributed by atoms with Crippen LogP contribution in [0.1, 0.15) is 13.8 Å². The molecular weight excluding hydrogens is 360 g/mol. The maximum atomic E-state index is 11.5. The fourth-order valence-electron chi connectivity index (χ4n) is 3.63. The number of rotatable bonds is 7. The smallest absolute Gasteiger partial charge is 0.312 e. The number of ether oxygens (including phenoxy) is 2. The summed E-state index contributed by atoms with van der Waals surface area (Å²) in [5, 5.41) is 17.0. The fraction of sp³-hybridized carbons (Fsp3) is 0.350. The van der Waals surface area contributed by atoms with Gasteiger partial charge in [-0.05, 0) is 37.4 Å². The van der Waals surface area contributed by atoms with Crippen molar-refractivity contribution in [1.29, 1.82) is 0 Å². The lowest BCUT2D eigenvalue weighted by atomic mass is 10.0. The molecule has 0 radical (unpaired) electrons. The lowest BCUT2D eigenvalue weighted by Gasteiger charge is -2.18. The number of hydrogen-bond acceptors (Lipinski definition) is 6. The third-order valence-electron chi connectivity index (χ3n) is 5.22. The highest BCUT2D eigenvalue weighted by Gasteiger charge is 2.31. The molecule has 2 heterocycles. The highest BCUT2D eigenvalue weighted by atomic mass is 16.6.